The summed E-state index contributed by atoms with van der Waals surface area (Å²) in [4.78, 5) is 15.3. The van der Waals surface area contributed by atoms with Crippen LogP contribution in [0.2, 0.25) is 5.02 Å². The summed E-state index contributed by atoms with van der Waals surface area (Å²) in [5.41, 5.74) is 6.61. The fraction of sp³-hybridized carbons (Fsp3) is 0.367. The summed E-state index contributed by atoms with van der Waals surface area (Å²) in [6, 6.07) is 25.3. The first-order chi connectivity index (χ1) is 16.6. The summed E-state index contributed by atoms with van der Waals surface area (Å²) in [6.07, 6.45) is 6.72. The number of hydrogen-bond acceptors (Lipinski definition) is 2. The molecule has 4 heteroatoms. The second kappa shape index (κ2) is 8.78. The quantitative estimate of drug-likeness (QED) is 0.398. The van der Waals surface area contributed by atoms with Gasteiger partial charge in [0.1, 0.15) is 6.61 Å². The van der Waals surface area contributed by atoms with E-state index in [2.05, 4.69) is 30.3 Å². The van der Waals surface area contributed by atoms with E-state index in [-0.39, 0.29) is 17.6 Å². The Kier molecular flexibility index (Phi) is 5.61. The number of carbonyl (C=O) groups is 1. The van der Waals surface area contributed by atoms with Gasteiger partial charge in [0, 0.05) is 23.0 Å². The van der Waals surface area contributed by atoms with E-state index in [1.165, 1.54) is 47.9 Å². The molecule has 1 aliphatic heterocycles. The SMILES string of the molecule is O=C(OCc1ccccc1)N1CCC23CCCC[C@@H]2[C@H]1Cc1ccc(-c2ccc(Cl)cc2)cc13. The first-order valence-electron chi connectivity index (χ1n) is 12.5. The number of benzene rings is 3. The highest BCUT2D eigenvalue weighted by Crippen LogP contribution is 2.56. The number of hydrogen-bond donors (Lipinski definition) is 0. The van der Waals surface area contributed by atoms with Crippen molar-refractivity contribution >= 4 is 17.7 Å². The number of ether oxygens (including phenoxy) is 1. The highest BCUT2D eigenvalue weighted by atomic mass is 35.5. The highest BCUT2D eigenvalue weighted by Gasteiger charge is 2.55. The summed E-state index contributed by atoms with van der Waals surface area (Å²) in [6.45, 7) is 1.11. The van der Waals surface area contributed by atoms with Gasteiger partial charge in [0.15, 0.2) is 0 Å². The molecule has 3 aromatic rings. The third-order valence-corrected chi connectivity index (χ3v) is 8.71. The number of halogens is 1. The second-order valence-electron chi connectivity index (χ2n) is 10.1. The van der Waals surface area contributed by atoms with E-state index in [0.29, 0.717) is 12.5 Å². The van der Waals surface area contributed by atoms with E-state index in [0.717, 1.165) is 30.0 Å². The lowest BCUT2D eigenvalue weighted by Gasteiger charge is -2.58. The molecule has 0 N–H and O–H groups in total. The fourth-order valence-electron chi connectivity index (χ4n) is 6.86. The minimum Gasteiger partial charge on any atom is -0.445 e. The lowest BCUT2D eigenvalue weighted by molar-refractivity contribution is -0.0136. The average Bonchev–Trinajstić information content (AvgIpc) is 2.88. The molecule has 1 heterocycles. The van der Waals surface area contributed by atoms with E-state index in [4.69, 9.17) is 16.3 Å². The predicted octanol–water partition coefficient (Wildman–Crippen LogP) is 7.40. The number of likely N-dealkylation sites (tertiary alicyclic amines) is 1. The number of rotatable bonds is 3. The molecular formula is C30H30ClNO2. The van der Waals surface area contributed by atoms with E-state index < -0.39 is 0 Å². The Morgan fingerprint density at radius 3 is 2.59 bits per heavy atom. The Morgan fingerprint density at radius 2 is 1.76 bits per heavy atom. The average molecular weight is 472 g/mol. The molecule has 1 unspecified atom stereocenters. The molecule has 3 aromatic carbocycles. The van der Waals surface area contributed by atoms with Gasteiger partial charge in [0.05, 0.1) is 0 Å². The zero-order valence-electron chi connectivity index (χ0n) is 19.4. The Bertz CT molecular complexity index is 1190. The topological polar surface area (TPSA) is 29.5 Å². The molecule has 3 nitrogen and oxygen atoms in total. The van der Waals surface area contributed by atoms with Gasteiger partial charge in [-0.1, -0.05) is 85.1 Å². The standard InChI is InChI=1S/C30H30ClNO2/c31-25-13-11-22(12-14-25)23-9-10-24-19-28-26-8-4-5-15-30(26,27(24)18-23)16-17-32(28)29(33)34-20-21-6-2-1-3-7-21/h1-3,6-7,9-14,18,26,28H,4-5,8,15-17,19-20H2/t26-,28-,30?/m1/s1. The molecule has 2 bridgehead atoms. The zero-order chi connectivity index (χ0) is 23.1. The molecule has 2 aliphatic carbocycles. The zero-order valence-corrected chi connectivity index (χ0v) is 20.1. The van der Waals surface area contributed by atoms with Crippen molar-refractivity contribution in [2.24, 2.45) is 5.92 Å². The van der Waals surface area contributed by atoms with Gasteiger partial charge in [0.2, 0.25) is 0 Å². The van der Waals surface area contributed by atoms with Crippen LogP contribution >= 0.6 is 11.6 Å². The molecule has 6 rings (SSSR count). The van der Waals surface area contributed by atoms with Crippen molar-refractivity contribution < 1.29 is 9.53 Å². The van der Waals surface area contributed by atoms with E-state index >= 15 is 0 Å². The summed E-state index contributed by atoms with van der Waals surface area (Å²) in [7, 11) is 0. The molecule has 174 valence electrons. The van der Waals surface area contributed by atoms with Crippen molar-refractivity contribution in [2.75, 3.05) is 6.54 Å². The molecule has 1 amide bonds. The molecule has 1 saturated carbocycles. The van der Waals surface area contributed by atoms with Crippen LogP contribution < -0.4 is 0 Å². The number of piperidine rings is 1. The summed E-state index contributed by atoms with van der Waals surface area (Å²) < 4.78 is 5.79. The molecule has 0 spiro atoms. The van der Waals surface area contributed by atoms with Crippen LogP contribution in [0.15, 0.2) is 72.8 Å². The van der Waals surface area contributed by atoms with Crippen LogP contribution in [0.4, 0.5) is 4.79 Å². The van der Waals surface area contributed by atoms with E-state index in [9.17, 15) is 4.79 Å². The molecule has 3 aliphatic rings. The van der Waals surface area contributed by atoms with Gasteiger partial charge in [-0.25, -0.2) is 4.79 Å². The summed E-state index contributed by atoms with van der Waals surface area (Å²) in [5.74, 6) is 0.507. The molecule has 0 radical (unpaired) electrons. The Morgan fingerprint density at radius 1 is 0.971 bits per heavy atom. The molecular weight excluding hydrogens is 442 g/mol. The third-order valence-electron chi connectivity index (χ3n) is 8.45. The molecule has 3 atom stereocenters. The number of amides is 1. The third kappa shape index (κ3) is 3.71. The van der Waals surface area contributed by atoms with Crippen LogP contribution in [0.3, 0.4) is 0 Å². The van der Waals surface area contributed by atoms with Gasteiger partial charge < -0.3 is 9.64 Å². The maximum atomic E-state index is 13.2. The van der Waals surface area contributed by atoms with Crippen LogP contribution in [0.1, 0.15) is 48.8 Å². The smallest absolute Gasteiger partial charge is 0.410 e. The monoisotopic (exact) mass is 471 g/mol. The van der Waals surface area contributed by atoms with Crippen LogP contribution in [-0.2, 0) is 23.2 Å². The first-order valence-corrected chi connectivity index (χ1v) is 12.9. The predicted molar refractivity (Wildman–Crippen MR) is 136 cm³/mol. The minimum absolute atomic E-state index is 0.158. The summed E-state index contributed by atoms with van der Waals surface area (Å²) in [5, 5.41) is 0.766. The highest BCUT2D eigenvalue weighted by molar-refractivity contribution is 6.30. The molecule has 0 aromatic heterocycles. The van der Waals surface area contributed by atoms with Gasteiger partial charge >= 0.3 is 6.09 Å². The Labute approximate surface area is 206 Å². The van der Waals surface area contributed by atoms with Gasteiger partial charge in [-0.2, -0.15) is 0 Å². The van der Waals surface area contributed by atoms with Crippen molar-refractivity contribution in [3.8, 4) is 11.1 Å². The second-order valence-corrected chi connectivity index (χ2v) is 10.6. The van der Waals surface area contributed by atoms with Crippen molar-refractivity contribution in [3.05, 3.63) is 94.5 Å². The maximum Gasteiger partial charge on any atom is 0.410 e. The van der Waals surface area contributed by atoms with Gasteiger partial charge in [-0.15, -0.1) is 0 Å². The molecule has 2 fully saturated rings. The first kappa shape index (κ1) is 21.7. The fourth-order valence-corrected chi connectivity index (χ4v) is 6.98. The number of carbonyl (C=O) groups excluding carboxylic acids is 1. The van der Waals surface area contributed by atoms with E-state index in [1.54, 1.807) is 0 Å². The van der Waals surface area contributed by atoms with Crippen molar-refractivity contribution in [3.63, 3.8) is 0 Å². The van der Waals surface area contributed by atoms with Crippen molar-refractivity contribution in [2.45, 2.75) is 56.6 Å². The Hall–Kier alpha value is -2.78. The van der Waals surface area contributed by atoms with Gasteiger partial charge in [-0.05, 0) is 71.6 Å². The van der Waals surface area contributed by atoms with Gasteiger partial charge in [-0.3, -0.25) is 0 Å². The van der Waals surface area contributed by atoms with Crippen LogP contribution in [-0.4, -0.2) is 23.6 Å². The molecule has 1 saturated heterocycles. The molecule has 34 heavy (non-hydrogen) atoms. The lowest BCUT2D eigenvalue weighted by Crippen LogP contribution is -2.62. The largest absolute Gasteiger partial charge is 0.445 e. The number of nitrogens with zero attached hydrogens (tertiary/aromatic N) is 1. The van der Waals surface area contributed by atoms with Crippen molar-refractivity contribution in [1.82, 2.24) is 4.90 Å². The lowest BCUT2D eigenvalue weighted by atomic mass is 9.52. The van der Waals surface area contributed by atoms with Crippen LogP contribution in [0, 0.1) is 5.92 Å². The van der Waals surface area contributed by atoms with Crippen LogP contribution in [0.5, 0.6) is 0 Å². The minimum atomic E-state index is -0.158. The number of fused-ring (bicyclic) bond motifs is 1. The van der Waals surface area contributed by atoms with Crippen LogP contribution in [0.25, 0.3) is 11.1 Å². The maximum absolute atomic E-state index is 13.2. The van der Waals surface area contributed by atoms with Crippen molar-refractivity contribution in [1.29, 1.82) is 0 Å². The Balaban J connectivity index is 1.30. The summed E-state index contributed by atoms with van der Waals surface area (Å²) >= 11 is 6.13. The van der Waals surface area contributed by atoms with Gasteiger partial charge in [0.25, 0.3) is 0 Å². The normalized spacial score (nSPS) is 25.3. The van der Waals surface area contributed by atoms with E-state index in [1.807, 2.05) is 47.4 Å².